The number of carbonyl (C=O) groups is 1. The molecule has 3 aromatic rings. The van der Waals surface area contributed by atoms with Crippen molar-refractivity contribution in [2.45, 2.75) is 25.3 Å². The average Bonchev–Trinajstić information content (AvgIpc) is 3.15. The van der Waals surface area contributed by atoms with Crippen LogP contribution in [0.15, 0.2) is 36.8 Å². The molecule has 0 aliphatic carbocycles. The molecule has 0 radical (unpaired) electrons. The Morgan fingerprint density at radius 2 is 1.97 bits per heavy atom. The van der Waals surface area contributed by atoms with Crippen molar-refractivity contribution in [3.05, 3.63) is 52.4 Å². The molecule has 1 amide bonds. The summed E-state index contributed by atoms with van der Waals surface area (Å²) in [4.78, 5) is 23.7. The molecule has 1 aliphatic heterocycles. The molecule has 1 aliphatic rings. The molecule has 11 heteroatoms. The number of nitrogens with zero attached hydrogens (tertiary/aromatic N) is 5. The van der Waals surface area contributed by atoms with Gasteiger partial charge in [-0.15, -0.1) is 0 Å². The number of nitrogens with one attached hydrogen (secondary N) is 2. The molecule has 2 aromatic heterocycles. The number of likely N-dealkylation sites (tertiary alicyclic amines) is 1. The summed E-state index contributed by atoms with van der Waals surface area (Å²) in [5.41, 5.74) is 1.22. The van der Waals surface area contributed by atoms with E-state index in [1.165, 1.54) is 13.3 Å². The van der Waals surface area contributed by atoms with Gasteiger partial charge in [-0.1, -0.05) is 29.3 Å². The van der Waals surface area contributed by atoms with Crippen LogP contribution in [0, 0.1) is 0 Å². The lowest BCUT2D eigenvalue weighted by Gasteiger charge is -2.15. The van der Waals surface area contributed by atoms with Gasteiger partial charge in [0.2, 0.25) is 11.8 Å². The number of ether oxygens (including phenoxy) is 1. The minimum atomic E-state index is -0.487. The summed E-state index contributed by atoms with van der Waals surface area (Å²) >= 11 is 12.3. The van der Waals surface area contributed by atoms with Gasteiger partial charge in [0.1, 0.15) is 5.56 Å². The van der Waals surface area contributed by atoms with E-state index >= 15 is 0 Å². The molecule has 3 heterocycles. The first-order valence-electron chi connectivity index (χ1n) is 10.6. The molecule has 1 fully saturated rings. The monoisotopic (exact) mass is 489 g/mol. The van der Waals surface area contributed by atoms with Crippen LogP contribution in [0.3, 0.4) is 0 Å². The van der Waals surface area contributed by atoms with Gasteiger partial charge in [-0.3, -0.25) is 9.48 Å². The summed E-state index contributed by atoms with van der Waals surface area (Å²) in [6.45, 7) is 2.16. The Morgan fingerprint density at radius 3 is 2.73 bits per heavy atom. The molecule has 1 saturated heterocycles. The molecule has 1 aromatic carbocycles. The summed E-state index contributed by atoms with van der Waals surface area (Å²) < 4.78 is 7.32. The van der Waals surface area contributed by atoms with E-state index in [-0.39, 0.29) is 11.4 Å². The van der Waals surface area contributed by atoms with E-state index in [0.717, 1.165) is 38.0 Å². The Hall–Kier alpha value is -2.88. The second-order valence-electron chi connectivity index (χ2n) is 7.89. The Balaban J connectivity index is 1.47. The summed E-state index contributed by atoms with van der Waals surface area (Å²) in [5, 5.41) is 11.0. The standard InChI is InChI=1S/C22H25Cl2N7O2/c1-30-9-4-5-15(8-10-30)31-13-14(11-26-31)27-22-25-12-16(21(29-22)33-2)20(32)28-19-17(23)6-3-7-18(19)24/h3,6-7,11-13,15H,4-5,8-10H2,1-2H3,(H,28,32)(H,25,27,29)/t15-/m0/s1. The third-order valence-electron chi connectivity index (χ3n) is 5.55. The van der Waals surface area contributed by atoms with E-state index in [1.807, 2.05) is 10.9 Å². The number of carbonyl (C=O) groups excluding carboxylic acids is 1. The maximum Gasteiger partial charge on any atom is 0.262 e. The van der Waals surface area contributed by atoms with Gasteiger partial charge in [-0.25, -0.2) is 4.98 Å². The summed E-state index contributed by atoms with van der Waals surface area (Å²) in [5.74, 6) is -0.0775. The fraction of sp³-hybridized carbons (Fsp3) is 0.364. The number of aromatic nitrogens is 4. The number of benzene rings is 1. The normalized spacial score (nSPS) is 16.8. The van der Waals surface area contributed by atoms with E-state index in [9.17, 15) is 4.79 Å². The zero-order chi connectivity index (χ0) is 23.4. The van der Waals surface area contributed by atoms with Crippen molar-refractivity contribution in [2.75, 3.05) is 37.9 Å². The zero-order valence-corrected chi connectivity index (χ0v) is 19.9. The largest absolute Gasteiger partial charge is 0.480 e. The number of methoxy groups -OCH3 is 1. The van der Waals surface area contributed by atoms with Crippen LogP contribution in [0.25, 0.3) is 0 Å². The van der Waals surface area contributed by atoms with E-state index < -0.39 is 5.91 Å². The number of anilines is 3. The number of halogens is 2. The Kier molecular flexibility index (Phi) is 7.32. The van der Waals surface area contributed by atoms with Gasteiger partial charge < -0.3 is 20.3 Å². The summed E-state index contributed by atoms with van der Waals surface area (Å²) in [6.07, 6.45) is 8.37. The van der Waals surface area contributed by atoms with E-state index in [1.54, 1.807) is 24.4 Å². The van der Waals surface area contributed by atoms with Gasteiger partial charge in [0.15, 0.2) is 0 Å². The minimum absolute atomic E-state index is 0.118. The molecule has 9 nitrogen and oxygen atoms in total. The van der Waals surface area contributed by atoms with E-state index in [2.05, 4.69) is 37.6 Å². The van der Waals surface area contributed by atoms with Gasteiger partial charge in [-0.2, -0.15) is 10.1 Å². The van der Waals surface area contributed by atoms with Crippen molar-refractivity contribution in [3.8, 4) is 5.88 Å². The highest BCUT2D eigenvalue weighted by Crippen LogP contribution is 2.31. The molecule has 4 rings (SSSR count). The molecule has 0 saturated carbocycles. The molecular weight excluding hydrogens is 465 g/mol. The highest BCUT2D eigenvalue weighted by molar-refractivity contribution is 6.40. The molecule has 0 bridgehead atoms. The predicted molar refractivity (Wildman–Crippen MR) is 129 cm³/mol. The molecule has 0 spiro atoms. The number of hydrogen-bond donors (Lipinski definition) is 2. The molecule has 174 valence electrons. The van der Waals surface area contributed by atoms with Crippen LogP contribution < -0.4 is 15.4 Å². The maximum absolute atomic E-state index is 12.8. The molecular formula is C22H25Cl2N7O2. The summed E-state index contributed by atoms with van der Waals surface area (Å²) in [7, 11) is 3.59. The van der Waals surface area contributed by atoms with Gasteiger partial charge in [0.05, 0.1) is 40.8 Å². The van der Waals surface area contributed by atoms with Crippen molar-refractivity contribution >= 4 is 46.4 Å². The SMILES string of the molecule is COc1nc(Nc2cnn([C@H]3CCCN(C)CC3)c2)ncc1C(=O)Nc1c(Cl)cccc1Cl. The lowest BCUT2D eigenvalue weighted by molar-refractivity contribution is 0.102. The smallest absolute Gasteiger partial charge is 0.262 e. The van der Waals surface area contributed by atoms with Crippen LogP contribution >= 0.6 is 23.2 Å². The van der Waals surface area contributed by atoms with Crippen LogP contribution in [0.4, 0.5) is 17.3 Å². The fourth-order valence-corrected chi connectivity index (χ4v) is 4.25. The minimum Gasteiger partial charge on any atom is -0.480 e. The molecule has 0 unspecified atom stereocenters. The van der Waals surface area contributed by atoms with Crippen LogP contribution in [-0.2, 0) is 0 Å². The predicted octanol–water partition coefficient (Wildman–Crippen LogP) is 4.64. The first-order chi connectivity index (χ1) is 15.9. The summed E-state index contributed by atoms with van der Waals surface area (Å²) in [6, 6.07) is 5.33. The Labute approximate surface area is 202 Å². The highest BCUT2D eigenvalue weighted by atomic mass is 35.5. The third-order valence-corrected chi connectivity index (χ3v) is 6.18. The maximum atomic E-state index is 12.8. The second-order valence-corrected chi connectivity index (χ2v) is 8.70. The van der Waals surface area contributed by atoms with Gasteiger partial charge in [0.25, 0.3) is 5.91 Å². The van der Waals surface area contributed by atoms with Crippen LogP contribution in [0.5, 0.6) is 5.88 Å². The van der Waals surface area contributed by atoms with Crippen molar-refractivity contribution in [2.24, 2.45) is 0 Å². The van der Waals surface area contributed by atoms with Crippen molar-refractivity contribution in [3.63, 3.8) is 0 Å². The van der Waals surface area contributed by atoms with Crippen molar-refractivity contribution < 1.29 is 9.53 Å². The Bertz CT molecular complexity index is 1120. The molecule has 33 heavy (non-hydrogen) atoms. The third kappa shape index (κ3) is 5.55. The first kappa shape index (κ1) is 23.3. The van der Waals surface area contributed by atoms with E-state index in [0.29, 0.717) is 27.7 Å². The van der Waals surface area contributed by atoms with Crippen LogP contribution in [-0.4, -0.2) is 57.8 Å². The zero-order valence-electron chi connectivity index (χ0n) is 18.4. The van der Waals surface area contributed by atoms with Gasteiger partial charge in [0, 0.05) is 12.4 Å². The van der Waals surface area contributed by atoms with E-state index in [4.69, 9.17) is 27.9 Å². The lowest BCUT2D eigenvalue weighted by Crippen LogP contribution is -2.19. The van der Waals surface area contributed by atoms with Crippen LogP contribution in [0.1, 0.15) is 35.7 Å². The Morgan fingerprint density at radius 1 is 1.18 bits per heavy atom. The van der Waals surface area contributed by atoms with Crippen LogP contribution in [0.2, 0.25) is 10.0 Å². The number of hydrogen-bond acceptors (Lipinski definition) is 7. The average molecular weight is 490 g/mol. The highest BCUT2D eigenvalue weighted by Gasteiger charge is 2.20. The number of para-hydroxylation sites is 1. The lowest BCUT2D eigenvalue weighted by atomic mass is 10.1. The second kappa shape index (κ2) is 10.4. The molecule has 2 N–H and O–H groups in total. The van der Waals surface area contributed by atoms with Crippen molar-refractivity contribution in [1.29, 1.82) is 0 Å². The fourth-order valence-electron chi connectivity index (χ4n) is 3.75. The quantitative estimate of drug-likeness (QED) is 0.520. The number of amides is 1. The topological polar surface area (TPSA) is 97.2 Å². The van der Waals surface area contributed by atoms with Gasteiger partial charge in [-0.05, 0) is 51.5 Å². The molecule has 1 atom stereocenters. The number of rotatable bonds is 6. The van der Waals surface area contributed by atoms with Gasteiger partial charge >= 0.3 is 0 Å². The van der Waals surface area contributed by atoms with Crippen molar-refractivity contribution in [1.82, 2.24) is 24.6 Å². The first-order valence-corrected chi connectivity index (χ1v) is 11.4.